The predicted octanol–water partition coefficient (Wildman–Crippen LogP) is 3.60. The summed E-state index contributed by atoms with van der Waals surface area (Å²) < 4.78 is 15.9. The fraction of sp³-hybridized carbons (Fsp3) is 0.548. The third kappa shape index (κ3) is 11.4. The van der Waals surface area contributed by atoms with Gasteiger partial charge in [0.1, 0.15) is 5.76 Å². The lowest BCUT2D eigenvalue weighted by Gasteiger charge is -2.22. The summed E-state index contributed by atoms with van der Waals surface area (Å²) >= 11 is 0. The number of hydrogen-bond donors (Lipinski definition) is 1. The van der Waals surface area contributed by atoms with Crippen LogP contribution in [-0.2, 0) is 30.2 Å². The number of hydrogen-bond acceptors (Lipinski definition) is 6. The van der Waals surface area contributed by atoms with E-state index in [1.807, 2.05) is 81.4 Å². The molecule has 8 heteroatoms. The van der Waals surface area contributed by atoms with Crippen LogP contribution >= 0.6 is 0 Å². The maximum Gasteiger partial charge on any atom is 0.250 e. The minimum atomic E-state index is 0.0337. The number of nitrogens with one attached hydrogen (secondary N) is 1. The molecular formula is C31H47N3O5. The lowest BCUT2D eigenvalue weighted by atomic mass is 10.1. The largest absolute Gasteiger partial charge is 0.496 e. The molecule has 3 rings (SSSR count). The van der Waals surface area contributed by atoms with Crippen molar-refractivity contribution in [3.8, 4) is 0 Å². The molecule has 1 aliphatic heterocycles. The van der Waals surface area contributed by atoms with Crippen LogP contribution in [0.1, 0.15) is 32.3 Å². The van der Waals surface area contributed by atoms with Gasteiger partial charge in [-0.1, -0.05) is 36.4 Å². The van der Waals surface area contributed by atoms with Crippen LogP contribution in [0, 0.1) is 5.92 Å². The Morgan fingerprint density at radius 1 is 1.10 bits per heavy atom. The molecule has 8 nitrogen and oxygen atoms in total. The smallest absolute Gasteiger partial charge is 0.250 e. The molecule has 0 saturated carbocycles. The third-order valence-electron chi connectivity index (χ3n) is 6.87. The SMILES string of the molecule is CN(CC1CCNC1)C(=O)Cc1ccccc1.COCCOCC1=C(OC)C=CCC(C(=O)N(C)C(C)C)=C1. The Morgan fingerprint density at radius 2 is 1.85 bits per heavy atom. The second-order valence-corrected chi connectivity index (χ2v) is 10.2. The average Bonchev–Trinajstić information content (AvgIpc) is 3.36. The fourth-order valence-electron chi connectivity index (χ4n) is 4.25. The van der Waals surface area contributed by atoms with Crippen LogP contribution in [0.15, 0.2) is 65.5 Å². The normalized spacial score (nSPS) is 16.8. The molecule has 1 aromatic carbocycles. The Balaban J connectivity index is 0.000000282. The molecule has 1 aromatic rings. The van der Waals surface area contributed by atoms with Gasteiger partial charge < -0.3 is 29.3 Å². The highest BCUT2D eigenvalue weighted by Crippen LogP contribution is 2.21. The standard InChI is InChI=1S/C17H27NO4.C14H20N2O/c1-13(2)18(3)17(19)14-7-6-8-16(21-5)15(11-14)12-22-10-9-20-4;1-16(11-13-7-8-15-10-13)14(17)9-12-5-3-2-4-6-12/h6,8,11,13H,7,9-10,12H2,1-5H3;2-6,13,15H,7-11H2,1H3. The number of carbonyl (C=O) groups excluding carboxylic acids is 2. The maximum atomic E-state index is 12.5. The van der Waals surface area contributed by atoms with Crippen LogP contribution in [0.25, 0.3) is 0 Å². The molecule has 216 valence electrons. The van der Waals surface area contributed by atoms with E-state index in [1.54, 1.807) is 19.1 Å². The summed E-state index contributed by atoms with van der Waals surface area (Å²) in [7, 11) is 6.98. The summed E-state index contributed by atoms with van der Waals surface area (Å²) in [5, 5.41) is 3.33. The molecule has 1 heterocycles. The number of nitrogens with zero attached hydrogens (tertiary/aromatic N) is 2. The molecule has 0 bridgehead atoms. The summed E-state index contributed by atoms with van der Waals surface area (Å²) in [6.45, 7) is 8.43. The monoisotopic (exact) mass is 541 g/mol. The third-order valence-corrected chi connectivity index (χ3v) is 6.87. The van der Waals surface area contributed by atoms with E-state index in [1.165, 1.54) is 6.42 Å². The van der Waals surface area contributed by atoms with Crippen LogP contribution in [-0.4, -0.2) is 95.4 Å². The van der Waals surface area contributed by atoms with Gasteiger partial charge >= 0.3 is 0 Å². The average molecular weight is 542 g/mol. The molecule has 1 atom stereocenters. The van der Waals surface area contributed by atoms with E-state index in [9.17, 15) is 9.59 Å². The van der Waals surface area contributed by atoms with E-state index in [0.29, 0.717) is 38.6 Å². The molecular weight excluding hydrogens is 494 g/mol. The number of likely N-dealkylation sites (N-methyl/N-ethyl adjacent to an activating group) is 2. The van der Waals surface area contributed by atoms with Gasteiger partial charge in [-0.05, 0) is 63.4 Å². The number of rotatable bonds is 12. The molecule has 1 fully saturated rings. The van der Waals surface area contributed by atoms with Crippen molar-refractivity contribution in [3.63, 3.8) is 0 Å². The van der Waals surface area contributed by atoms with Gasteiger partial charge in [0.2, 0.25) is 11.8 Å². The predicted molar refractivity (Wildman–Crippen MR) is 155 cm³/mol. The zero-order chi connectivity index (χ0) is 28.6. The second kappa shape index (κ2) is 17.6. The van der Waals surface area contributed by atoms with Gasteiger partial charge in [-0.25, -0.2) is 0 Å². The van der Waals surface area contributed by atoms with Crippen molar-refractivity contribution in [1.29, 1.82) is 0 Å². The van der Waals surface area contributed by atoms with Crippen LogP contribution < -0.4 is 5.32 Å². The Kier molecular flexibility index (Phi) is 14.6. The molecule has 1 unspecified atom stereocenters. The van der Waals surface area contributed by atoms with Crippen LogP contribution in [0.3, 0.4) is 0 Å². The molecule has 0 spiro atoms. The summed E-state index contributed by atoms with van der Waals surface area (Å²) in [6, 6.07) is 10.1. The van der Waals surface area contributed by atoms with Gasteiger partial charge in [0.15, 0.2) is 0 Å². The minimum Gasteiger partial charge on any atom is -0.496 e. The first kappa shape index (κ1) is 32.3. The topological polar surface area (TPSA) is 80.3 Å². The number of methoxy groups -OCH3 is 2. The first-order valence-corrected chi connectivity index (χ1v) is 13.7. The summed E-state index contributed by atoms with van der Waals surface area (Å²) in [5.74, 6) is 1.60. The van der Waals surface area contributed by atoms with Crippen molar-refractivity contribution in [1.82, 2.24) is 15.1 Å². The van der Waals surface area contributed by atoms with Crippen LogP contribution in [0.5, 0.6) is 0 Å². The van der Waals surface area contributed by atoms with Crippen molar-refractivity contribution < 1.29 is 23.8 Å². The van der Waals surface area contributed by atoms with Crippen molar-refractivity contribution >= 4 is 11.8 Å². The van der Waals surface area contributed by atoms with Crippen LogP contribution in [0.2, 0.25) is 0 Å². The van der Waals surface area contributed by atoms with Gasteiger partial charge in [-0.2, -0.15) is 0 Å². The van der Waals surface area contributed by atoms with Crippen molar-refractivity contribution in [2.45, 2.75) is 39.2 Å². The molecule has 1 saturated heterocycles. The highest BCUT2D eigenvalue weighted by atomic mass is 16.5. The Labute approximate surface area is 234 Å². The molecule has 2 amide bonds. The van der Waals surface area contributed by atoms with Crippen molar-refractivity contribution in [2.75, 3.05) is 67.8 Å². The first-order chi connectivity index (χ1) is 18.8. The Bertz CT molecular complexity index is 981. The van der Waals surface area contributed by atoms with Gasteiger partial charge in [-0.3, -0.25) is 9.59 Å². The minimum absolute atomic E-state index is 0.0337. The maximum absolute atomic E-state index is 12.5. The van der Waals surface area contributed by atoms with E-state index >= 15 is 0 Å². The lowest BCUT2D eigenvalue weighted by molar-refractivity contribution is -0.129. The van der Waals surface area contributed by atoms with Crippen molar-refractivity contribution in [2.24, 2.45) is 5.92 Å². The quantitative estimate of drug-likeness (QED) is 0.408. The van der Waals surface area contributed by atoms with E-state index < -0.39 is 0 Å². The first-order valence-electron chi connectivity index (χ1n) is 13.7. The molecule has 39 heavy (non-hydrogen) atoms. The summed E-state index contributed by atoms with van der Waals surface area (Å²) in [6.07, 6.45) is 8.00. The van der Waals surface area contributed by atoms with E-state index in [-0.39, 0.29) is 17.9 Å². The number of carbonyl (C=O) groups is 2. The zero-order valence-electron chi connectivity index (χ0n) is 24.6. The molecule has 1 aliphatic carbocycles. The second-order valence-electron chi connectivity index (χ2n) is 10.2. The van der Waals surface area contributed by atoms with Crippen molar-refractivity contribution in [3.05, 3.63) is 71.0 Å². The highest BCUT2D eigenvalue weighted by Gasteiger charge is 2.20. The molecule has 2 aliphatic rings. The van der Waals surface area contributed by atoms with Gasteiger partial charge in [0, 0.05) is 44.9 Å². The zero-order valence-corrected chi connectivity index (χ0v) is 24.6. The number of ether oxygens (including phenoxy) is 3. The van der Waals surface area contributed by atoms with Gasteiger partial charge in [0.25, 0.3) is 0 Å². The van der Waals surface area contributed by atoms with Crippen LogP contribution in [0.4, 0.5) is 0 Å². The highest BCUT2D eigenvalue weighted by molar-refractivity contribution is 5.94. The number of benzene rings is 1. The van der Waals surface area contributed by atoms with E-state index in [2.05, 4.69) is 5.32 Å². The number of amides is 2. The van der Waals surface area contributed by atoms with E-state index in [0.717, 1.165) is 42.1 Å². The fourth-order valence-corrected chi connectivity index (χ4v) is 4.25. The van der Waals surface area contributed by atoms with E-state index in [4.69, 9.17) is 14.2 Å². The van der Waals surface area contributed by atoms with Gasteiger partial charge in [0.05, 0.1) is 33.4 Å². The van der Waals surface area contributed by atoms with Gasteiger partial charge in [-0.15, -0.1) is 0 Å². The molecule has 0 aromatic heterocycles. The summed E-state index contributed by atoms with van der Waals surface area (Å²) in [5.41, 5.74) is 2.70. The summed E-state index contributed by atoms with van der Waals surface area (Å²) in [4.78, 5) is 28.1. The lowest BCUT2D eigenvalue weighted by Crippen LogP contribution is -2.34. The molecule has 1 N–H and O–H groups in total. The Hall–Kier alpha value is -2.94. The molecule has 0 radical (unpaired) electrons. The number of allylic oxidation sites excluding steroid dienone is 2. The Morgan fingerprint density at radius 3 is 2.46 bits per heavy atom.